The van der Waals surface area contributed by atoms with Gasteiger partial charge in [-0.3, -0.25) is 14.1 Å². The van der Waals surface area contributed by atoms with Gasteiger partial charge in [-0.05, 0) is 31.9 Å². The number of sulfonamides is 1. The third-order valence-electron chi connectivity index (χ3n) is 3.99. The van der Waals surface area contributed by atoms with Crippen LogP contribution in [0.3, 0.4) is 0 Å². The zero-order valence-corrected chi connectivity index (χ0v) is 15.3. The van der Waals surface area contributed by atoms with Crippen molar-refractivity contribution in [2.45, 2.75) is 38.8 Å². The Morgan fingerprint density at radius 3 is 2.52 bits per heavy atom. The first-order valence-electron chi connectivity index (χ1n) is 8.04. The lowest BCUT2D eigenvalue weighted by molar-refractivity contribution is 0.599. The molecule has 1 N–H and O–H groups in total. The highest BCUT2D eigenvalue weighted by Gasteiger charge is 2.21. The Morgan fingerprint density at radius 1 is 1.08 bits per heavy atom. The fourth-order valence-corrected chi connectivity index (χ4v) is 3.77. The molecule has 0 amide bonds. The van der Waals surface area contributed by atoms with Gasteiger partial charge in [-0.2, -0.15) is 10.2 Å². The van der Waals surface area contributed by atoms with Crippen molar-refractivity contribution in [1.29, 1.82) is 0 Å². The van der Waals surface area contributed by atoms with Gasteiger partial charge in [0.1, 0.15) is 4.90 Å². The van der Waals surface area contributed by atoms with E-state index in [0.29, 0.717) is 18.8 Å². The van der Waals surface area contributed by atoms with Crippen LogP contribution in [0.15, 0.2) is 47.6 Å². The third-order valence-corrected chi connectivity index (χ3v) is 5.45. The van der Waals surface area contributed by atoms with Crippen molar-refractivity contribution in [3.05, 3.63) is 59.5 Å². The predicted molar refractivity (Wildman–Crippen MR) is 96.0 cm³/mol. The summed E-state index contributed by atoms with van der Waals surface area (Å²) in [6.45, 7) is 6.82. The van der Waals surface area contributed by atoms with Crippen molar-refractivity contribution in [1.82, 2.24) is 19.6 Å². The minimum atomic E-state index is -3.71. The van der Waals surface area contributed by atoms with Crippen LogP contribution < -0.4 is 4.72 Å². The van der Waals surface area contributed by atoms with Gasteiger partial charge in [0.2, 0.25) is 0 Å². The molecule has 0 aliphatic carbocycles. The number of aromatic nitrogens is 4. The number of aryl methyl sites for hydroxylation is 3. The maximum atomic E-state index is 12.6. The standard InChI is InChI=1S/C17H21N5O2S/c1-4-21-12-16(14(3)18-21)25(23,24)20-17-9-10-22(19-17)11-15-8-6-5-7-13(15)2/h5-10,12H,4,11H2,1-3H3,(H,19,20). The zero-order valence-electron chi connectivity index (χ0n) is 14.5. The van der Waals surface area contributed by atoms with Crippen LogP contribution in [0.25, 0.3) is 0 Å². The van der Waals surface area contributed by atoms with Crippen molar-refractivity contribution in [2.75, 3.05) is 4.72 Å². The molecular formula is C17H21N5O2S. The highest BCUT2D eigenvalue weighted by atomic mass is 32.2. The summed E-state index contributed by atoms with van der Waals surface area (Å²) in [5, 5.41) is 8.49. The largest absolute Gasteiger partial charge is 0.271 e. The van der Waals surface area contributed by atoms with E-state index in [0.717, 1.165) is 5.56 Å². The summed E-state index contributed by atoms with van der Waals surface area (Å²) >= 11 is 0. The summed E-state index contributed by atoms with van der Waals surface area (Å²) in [6, 6.07) is 9.68. The highest BCUT2D eigenvalue weighted by Crippen LogP contribution is 2.18. The molecule has 0 bridgehead atoms. The number of hydrogen-bond acceptors (Lipinski definition) is 4. The van der Waals surface area contributed by atoms with Crippen LogP contribution >= 0.6 is 0 Å². The molecule has 0 atom stereocenters. The van der Waals surface area contributed by atoms with E-state index in [1.165, 1.54) is 11.8 Å². The fraction of sp³-hybridized carbons (Fsp3) is 0.294. The van der Waals surface area contributed by atoms with Gasteiger partial charge < -0.3 is 0 Å². The number of benzene rings is 1. The molecule has 2 heterocycles. The van der Waals surface area contributed by atoms with Gasteiger partial charge in [0.25, 0.3) is 10.0 Å². The maximum Gasteiger partial charge on any atom is 0.266 e. The molecule has 7 nitrogen and oxygen atoms in total. The van der Waals surface area contributed by atoms with Crippen molar-refractivity contribution in [2.24, 2.45) is 0 Å². The van der Waals surface area contributed by atoms with Gasteiger partial charge >= 0.3 is 0 Å². The van der Waals surface area contributed by atoms with E-state index in [1.807, 2.05) is 38.1 Å². The van der Waals surface area contributed by atoms with E-state index < -0.39 is 10.0 Å². The molecule has 0 saturated heterocycles. The second-order valence-electron chi connectivity index (χ2n) is 5.86. The van der Waals surface area contributed by atoms with E-state index in [2.05, 4.69) is 14.9 Å². The summed E-state index contributed by atoms with van der Waals surface area (Å²) in [5.74, 6) is 0.289. The number of anilines is 1. The molecule has 0 saturated carbocycles. The number of nitrogens with zero attached hydrogens (tertiary/aromatic N) is 4. The van der Waals surface area contributed by atoms with Crippen LogP contribution in [-0.4, -0.2) is 28.0 Å². The van der Waals surface area contributed by atoms with Crippen LogP contribution in [0.4, 0.5) is 5.82 Å². The second-order valence-corrected chi connectivity index (χ2v) is 7.52. The minimum absolute atomic E-state index is 0.169. The Balaban J connectivity index is 1.78. The normalized spacial score (nSPS) is 11.6. The molecule has 2 aromatic heterocycles. The topological polar surface area (TPSA) is 81.8 Å². The smallest absolute Gasteiger partial charge is 0.266 e. The second kappa shape index (κ2) is 6.72. The maximum absolute atomic E-state index is 12.6. The fourth-order valence-electron chi connectivity index (χ4n) is 2.58. The van der Waals surface area contributed by atoms with E-state index in [9.17, 15) is 8.42 Å². The van der Waals surface area contributed by atoms with E-state index in [4.69, 9.17) is 0 Å². The van der Waals surface area contributed by atoms with Crippen molar-refractivity contribution in [3.8, 4) is 0 Å². The first kappa shape index (κ1) is 17.2. The first-order valence-corrected chi connectivity index (χ1v) is 9.52. The van der Waals surface area contributed by atoms with Crippen LogP contribution in [0.2, 0.25) is 0 Å². The summed E-state index contributed by atoms with van der Waals surface area (Å²) in [7, 11) is -3.71. The third kappa shape index (κ3) is 3.74. The lowest BCUT2D eigenvalue weighted by Crippen LogP contribution is -2.14. The molecule has 0 aliphatic heterocycles. The predicted octanol–water partition coefficient (Wildman–Crippen LogP) is 2.57. The Bertz CT molecular complexity index is 988. The number of rotatable bonds is 6. The lowest BCUT2D eigenvalue weighted by Gasteiger charge is -2.06. The summed E-state index contributed by atoms with van der Waals surface area (Å²) in [5.41, 5.74) is 2.77. The van der Waals surface area contributed by atoms with Gasteiger partial charge in [-0.1, -0.05) is 24.3 Å². The molecule has 3 aromatic rings. The van der Waals surface area contributed by atoms with Crippen LogP contribution in [-0.2, 0) is 23.1 Å². The van der Waals surface area contributed by atoms with E-state index >= 15 is 0 Å². The average Bonchev–Trinajstić information content (AvgIpc) is 3.16. The molecule has 0 spiro atoms. The van der Waals surface area contributed by atoms with Gasteiger partial charge in [0, 0.05) is 25.0 Å². The van der Waals surface area contributed by atoms with Crippen molar-refractivity contribution < 1.29 is 8.42 Å². The molecule has 8 heteroatoms. The van der Waals surface area contributed by atoms with Crippen molar-refractivity contribution in [3.63, 3.8) is 0 Å². The monoisotopic (exact) mass is 359 g/mol. The Labute approximate surface area is 147 Å². The summed E-state index contributed by atoms with van der Waals surface area (Å²) in [6.07, 6.45) is 3.29. The van der Waals surface area contributed by atoms with E-state index in [1.54, 1.807) is 28.6 Å². The number of nitrogens with one attached hydrogen (secondary N) is 1. The molecule has 25 heavy (non-hydrogen) atoms. The van der Waals surface area contributed by atoms with Gasteiger partial charge in [0.05, 0.1) is 12.2 Å². The highest BCUT2D eigenvalue weighted by molar-refractivity contribution is 7.92. The minimum Gasteiger partial charge on any atom is -0.271 e. The Hall–Kier alpha value is -2.61. The first-order chi connectivity index (χ1) is 11.9. The van der Waals surface area contributed by atoms with Crippen molar-refractivity contribution >= 4 is 15.8 Å². The number of hydrogen-bond donors (Lipinski definition) is 1. The molecule has 3 rings (SSSR count). The van der Waals surface area contributed by atoms with Gasteiger partial charge in [0.15, 0.2) is 5.82 Å². The molecule has 132 valence electrons. The molecule has 0 aliphatic rings. The SMILES string of the molecule is CCn1cc(S(=O)(=O)Nc2ccn(Cc3ccccc3C)n2)c(C)n1. The molecule has 0 unspecified atom stereocenters. The molecule has 0 radical (unpaired) electrons. The van der Waals surface area contributed by atoms with Crippen LogP contribution in [0.5, 0.6) is 0 Å². The van der Waals surface area contributed by atoms with Crippen LogP contribution in [0, 0.1) is 13.8 Å². The van der Waals surface area contributed by atoms with E-state index in [-0.39, 0.29) is 10.7 Å². The Kier molecular flexibility index (Phi) is 4.63. The Morgan fingerprint density at radius 2 is 1.84 bits per heavy atom. The molecule has 0 fully saturated rings. The quantitative estimate of drug-likeness (QED) is 0.733. The molecular weight excluding hydrogens is 338 g/mol. The zero-order chi connectivity index (χ0) is 18.0. The molecule has 1 aromatic carbocycles. The lowest BCUT2D eigenvalue weighted by atomic mass is 10.1. The summed E-state index contributed by atoms with van der Waals surface area (Å²) in [4.78, 5) is 0.169. The van der Waals surface area contributed by atoms with Crippen LogP contribution in [0.1, 0.15) is 23.7 Å². The van der Waals surface area contributed by atoms with Gasteiger partial charge in [-0.25, -0.2) is 8.42 Å². The summed E-state index contributed by atoms with van der Waals surface area (Å²) < 4.78 is 30.9. The average molecular weight is 359 g/mol. The van der Waals surface area contributed by atoms with Gasteiger partial charge in [-0.15, -0.1) is 0 Å².